The smallest absolute Gasteiger partial charge is 0.462 e. The molecule has 336 valence electrons. The summed E-state index contributed by atoms with van der Waals surface area (Å²) < 4.78 is 32.6. The second kappa shape index (κ2) is 44.3. The standard InChI is InChI=1S/C49H87O8P/c1-4-7-9-11-13-15-17-19-21-22-23-24-25-26-27-28-30-31-33-35-37-39-41-43-48(50)54-45-47(46-56-58(52,53)55-6-3)57-49(51)44-42-40-38-36-34-32-29-20-18-16-14-12-10-8-5-2/h8,10,14,16,20,29,34,36,40,42,47H,4-7,9,11-13,15,17-19,21-28,30-33,35,37-39,41,43-46H2,1-3H3,(H,52,53)/b10-8-,16-14-,29-20-,36-34-,42-40-. The first-order valence-electron chi connectivity index (χ1n) is 23.6. The molecule has 0 aromatic carbocycles. The van der Waals surface area contributed by atoms with Crippen molar-refractivity contribution in [2.75, 3.05) is 19.8 Å². The van der Waals surface area contributed by atoms with Gasteiger partial charge in [0, 0.05) is 6.42 Å². The second-order valence-corrected chi connectivity index (χ2v) is 16.9. The third-order valence-corrected chi connectivity index (χ3v) is 10.9. The summed E-state index contributed by atoms with van der Waals surface area (Å²) in [5.41, 5.74) is 0. The average Bonchev–Trinajstić information content (AvgIpc) is 3.20. The Bertz CT molecular complexity index is 1130. The van der Waals surface area contributed by atoms with E-state index in [1.165, 1.54) is 128 Å². The lowest BCUT2D eigenvalue weighted by Gasteiger charge is -2.19. The highest BCUT2D eigenvalue weighted by atomic mass is 31.2. The molecule has 0 aliphatic carbocycles. The van der Waals surface area contributed by atoms with Gasteiger partial charge in [-0.25, -0.2) is 4.57 Å². The number of phosphoric acid groups is 1. The van der Waals surface area contributed by atoms with Gasteiger partial charge in [-0.05, 0) is 45.4 Å². The molecule has 1 N–H and O–H groups in total. The van der Waals surface area contributed by atoms with Crippen LogP contribution in [-0.4, -0.2) is 42.8 Å². The van der Waals surface area contributed by atoms with E-state index in [2.05, 4.69) is 56.4 Å². The third-order valence-electron chi connectivity index (χ3n) is 9.87. The minimum Gasteiger partial charge on any atom is -0.462 e. The molecule has 0 fully saturated rings. The molecular formula is C49H87O8P. The van der Waals surface area contributed by atoms with Gasteiger partial charge in [0.25, 0.3) is 0 Å². The van der Waals surface area contributed by atoms with Crippen molar-refractivity contribution in [3.63, 3.8) is 0 Å². The Labute approximate surface area is 356 Å². The van der Waals surface area contributed by atoms with E-state index < -0.39 is 26.5 Å². The molecule has 0 rings (SSSR count). The van der Waals surface area contributed by atoms with Crippen LogP contribution >= 0.6 is 7.82 Å². The van der Waals surface area contributed by atoms with Crippen molar-refractivity contribution in [2.24, 2.45) is 0 Å². The molecule has 0 bridgehead atoms. The highest BCUT2D eigenvalue weighted by Gasteiger charge is 2.25. The van der Waals surface area contributed by atoms with E-state index in [0.29, 0.717) is 6.42 Å². The van der Waals surface area contributed by atoms with Crippen LogP contribution in [0.1, 0.15) is 213 Å². The van der Waals surface area contributed by atoms with Crippen LogP contribution in [0, 0.1) is 0 Å². The van der Waals surface area contributed by atoms with E-state index in [9.17, 15) is 19.0 Å². The van der Waals surface area contributed by atoms with Crippen molar-refractivity contribution < 1.29 is 37.6 Å². The van der Waals surface area contributed by atoms with Gasteiger partial charge in [0.2, 0.25) is 0 Å². The fourth-order valence-electron chi connectivity index (χ4n) is 6.47. The minimum atomic E-state index is -4.31. The summed E-state index contributed by atoms with van der Waals surface area (Å²) in [5, 5.41) is 0. The van der Waals surface area contributed by atoms with E-state index in [1.807, 2.05) is 12.2 Å². The molecule has 0 spiro atoms. The molecular weight excluding hydrogens is 748 g/mol. The predicted molar refractivity (Wildman–Crippen MR) is 244 cm³/mol. The highest BCUT2D eigenvalue weighted by molar-refractivity contribution is 7.47. The van der Waals surface area contributed by atoms with E-state index in [1.54, 1.807) is 13.0 Å². The average molecular weight is 835 g/mol. The van der Waals surface area contributed by atoms with Crippen LogP contribution in [0.5, 0.6) is 0 Å². The zero-order chi connectivity index (χ0) is 42.5. The van der Waals surface area contributed by atoms with Crippen LogP contribution in [-0.2, 0) is 32.7 Å². The van der Waals surface area contributed by atoms with Crippen LogP contribution in [0.2, 0.25) is 0 Å². The van der Waals surface area contributed by atoms with Gasteiger partial charge in [-0.2, -0.15) is 0 Å². The molecule has 0 heterocycles. The Morgan fingerprint density at radius 3 is 1.26 bits per heavy atom. The maximum absolute atomic E-state index is 12.5. The summed E-state index contributed by atoms with van der Waals surface area (Å²) in [4.78, 5) is 34.7. The molecule has 9 heteroatoms. The van der Waals surface area contributed by atoms with Gasteiger partial charge in [-0.15, -0.1) is 0 Å². The van der Waals surface area contributed by atoms with Crippen LogP contribution in [0.3, 0.4) is 0 Å². The van der Waals surface area contributed by atoms with Gasteiger partial charge in [0.15, 0.2) is 6.10 Å². The van der Waals surface area contributed by atoms with Gasteiger partial charge < -0.3 is 14.4 Å². The number of rotatable bonds is 43. The van der Waals surface area contributed by atoms with Crippen LogP contribution in [0.4, 0.5) is 0 Å². The third kappa shape index (κ3) is 43.3. The van der Waals surface area contributed by atoms with Crippen molar-refractivity contribution in [1.82, 2.24) is 0 Å². The number of esters is 2. The molecule has 0 amide bonds. The summed E-state index contributed by atoms with van der Waals surface area (Å²) in [6.45, 7) is 5.27. The number of hydrogen-bond donors (Lipinski definition) is 1. The quantitative estimate of drug-likeness (QED) is 0.0280. The van der Waals surface area contributed by atoms with Gasteiger partial charge in [-0.3, -0.25) is 18.6 Å². The van der Waals surface area contributed by atoms with Crippen molar-refractivity contribution in [1.29, 1.82) is 0 Å². The highest BCUT2D eigenvalue weighted by Crippen LogP contribution is 2.43. The summed E-state index contributed by atoms with van der Waals surface area (Å²) in [6.07, 6.45) is 54.7. The number of unbranched alkanes of at least 4 members (excludes halogenated alkanes) is 22. The Kier molecular flexibility index (Phi) is 42.6. The maximum Gasteiger partial charge on any atom is 0.472 e. The lowest BCUT2D eigenvalue weighted by Crippen LogP contribution is -2.29. The van der Waals surface area contributed by atoms with Crippen molar-refractivity contribution in [2.45, 2.75) is 219 Å². The number of phosphoric ester groups is 1. The van der Waals surface area contributed by atoms with E-state index in [0.717, 1.165) is 44.9 Å². The lowest BCUT2D eigenvalue weighted by atomic mass is 10.0. The summed E-state index contributed by atoms with van der Waals surface area (Å²) >= 11 is 0. The Morgan fingerprint density at radius 1 is 0.483 bits per heavy atom. The second-order valence-electron chi connectivity index (χ2n) is 15.4. The molecule has 58 heavy (non-hydrogen) atoms. The predicted octanol–water partition coefficient (Wildman–Crippen LogP) is 15.1. The molecule has 8 nitrogen and oxygen atoms in total. The number of hydrogen-bond acceptors (Lipinski definition) is 7. The van der Waals surface area contributed by atoms with Crippen molar-refractivity contribution in [3.05, 3.63) is 60.8 Å². The molecule has 0 saturated heterocycles. The van der Waals surface area contributed by atoms with E-state index >= 15 is 0 Å². The number of allylic oxidation sites excluding steroid dienone is 9. The lowest BCUT2D eigenvalue weighted by molar-refractivity contribution is -0.160. The van der Waals surface area contributed by atoms with Gasteiger partial charge >= 0.3 is 19.8 Å². The van der Waals surface area contributed by atoms with Crippen LogP contribution in [0.25, 0.3) is 0 Å². The first-order valence-corrected chi connectivity index (χ1v) is 25.1. The topological polar surface area (TPSA) is 108 Å². The fourth-order valence-corrected chi connectivity index (χ4v) is 7.23. The van der Waals surface area contributed by atoms with Crippen molar-refractivity contribution in [3.8, 4) is 0 Å². The first kappa shape index (κ1) is 55.8. The zero-order valence-electron chi connectivity index (χ0n) is 37.4. The maximum atomic E-state index is 12.5. The normalized spacial score (nSPS) is 13.8. The minimum absolute atomic E-state index is 0.0136. The molecule has 0 aromatic rings. The molecule has 0 saturated carbocycles. The van der Waals surface area contributed by atoms with Gasteiger partial charge in [0.1, 0.15) is 6.61 Å². The Morgan fingerprint density at radius 2 is 0.862 bits per heavy atom. The Balaban J connectivity index is 4.04. The van der Waals surface area contributed by atoms with Gasteiger partial charge in [0.05, 0.1) is 19.6 Å². The largest absolute Gasteiger partial charge is 0.472 e. The van der Waals surface area contributed by atoms with Gasteiger partial charge in [-0.1, -0.05) is 216 Å². The number of carbonyl (C=O) groups excluding carboxylic acids is 2. The summed E-state index contributed by atoms with van der Waals surface area (Å²) in [7, 11) is -4.31. The Hall–Kier alpha value is -2.25. The van der Waals surface area contributed by atoms with Crippen LogP contribution in [0.15, 0.2) is 60.8 Å². The summed E-state index contributed by atoms with van der Waals surface area (Å²) in [5.74, 6) is -0.940. The van der Waals surface area contributed by atoms with Crippen molar-refractivity contribution >= 4 is 19.8 Å². The molecule has 2 atom stereocenters. The SMILES string of the molecule is CC/C=C\C/C=C\C/C=C\C/C=C\C/C=C\CC(=O)OC(COC(=O)CCCCCCCCCCCCCCCCCCCCCCCCC)COP(=O)(O)OCC. The number of ether oxygens (including phenoxy) is 2. The fraction of sp³-hybridized carbons (Fsp3) is 0.755. The molecule has 2 unspecified atom stereocenters. The molecule has 0 aromatic heterocycles. The molecule has 0 radical (unpaired) electrons. The zero-order valence-corrected chi connectivity index (χ0v) is 38.3. The first-order chi connectivity index (χ1) is 28.3. The van der Waals surface area contributed by atoms with E-state index in [4.69, 9.17) is 18.5 Å². The molecule has 0 aliphatic heterocycles. The van der Waals surface area contributed by atoms with Crippen LogP contribution < -0.4 is 0 Å². The monoisotopic (exact) mass is 835 g/mol. The van der Waals surface area contributed by atoms with E-state index in [-0.39, 0.29) is 32.0 Å². The molecule has 0 aliphatic rings. The summed E-state index contributed by atoms with van der Waals surface area (Å²) in [6, 6.07) is 0. The number of carbonyl (C=O) groups is 2.